The standard InChI is InChI=1S/C21H30N2O2/c1-4-15(3)22-20(24)18-10-11-19(17-7-5-6-14(2)12-17)23(13-18)21(25)16-8-9-16/h5-7,12,15-16,18-19H,4,8-11,13H2,1-3H3,(H,22,24). The van der Waals surface area contributed by atoms with E-state index in [0.29, 0.717) is 6.54 Å². The predicted octanol–water partition coefficient (Wildman–Crippen LogP) is 3.60. The average Bonchev–Trinajstić information content (AvgIpc) is 3.45. The van der Waals surface area contributed by atoms with E-state index in [9.17, 15) is 9.59 Å². The number of amides is 2. The van der Waals surface area contributed by atoms with Crippen LogP contribution >= 0.6 is 0 Å². The summed E-state index contributed by atoms with van der Waals surface area (Å²) in [6, 6.07) is 8.74. The van der Waals surface area contributed by atoms with Gasteiger partial charge in [-0.3, -0.25) is 9.59 Å². The number of benzene rings is 1. The third-order valence-electron chi connectivity index (χ3n) is 5.59. The van der Waals surface area contributed by atoms with Gasteiger partial charge in [-0.25, -0.2) is 0 Å². The van der Waals surface area contributed by atoms with Gasteiger partial charge in [0.25, 0.3) is 0 Å². The summed E-state index contributed by atoms with van der Waals surface area (Å²) in [6.07, 6.45) is 4.63. The van der Waals surface area contributed by atoms with E-state index in [-0.39, 0.29) is 35.7 Å². The summed E-state index contributed by atoms with van der Waals surface area (Å²) in [7, 11) is 0. The van der Waals surface area contributed by atoms with Gasteiger partial charge in [-0.2, -0.15) is 0 Å². The fourth-order valence-electron chi connectivity index (χ4n) is 3.68. The van der Waals surface area contributed by atoms with Crippen LogP contribution in [0.2, 0.25) is 0 Å². The molecule has 1 heterocycles. The molecule has 136 valence electrons. The Bertz CT molecular complexity index is 639. The van der Waals surface area contributed by atoms with Crippen LogP contribution in [0, 0.1) is 18.8 Å². The quantitative estimate of drug-likeness (QED) is 0.889. The molecular formula is C21H30N2O2. The van der Waals surface area contributed by atoms with E-state index < -0.39 is 0 Å². The van der Waals surface area contributed by atoms with Gasteiger partial charge in [-0.1, -0.05) is 36.8 Å². The molecule has 4 nitrogen and oxygen atoms in total. The Kier molecular flexibility index (Phi) is 5.45. The molecule has 3 unspecified atom stereocenters. The largest absolute Gasteiger partial charge is 0.353 e. The van der Waals surface area contributed by atoms with Crippen molar-refractivity contribution in [3.8, 4) is 0 Å². The number of rotatable bonds is 5. The molecule has 1 N–H and O–H groups in total. The Balaban J connectivity index is 1.77. The zero-order chi connectivity index (χ0) is 18.0. The van der Waals surface area contributed by atoms with E-state index in [0.717, 1.165) is 32.1 Å². The third kappa shape index (κ3) is 4.23. The molecule has 1 saturated heterocycles. The van der Waals surface area contributed by atoms with Crippen molar-refractivity contribution in [1.82, 2.24) is 10.2 Å². The van der Waals surface area contributed by atoms with Crippen LogP contribution in [0.5, 0.6) is 0 Å². The molecule has 1 aliphatic carbocycles. The van der Waals surface area contributed by atoms with Gasteiger partial charge in [0.2, 0.25) is 11.8 Å². The van der Waals surface area contributed by atoms with E-state index in [4.69, 9.17) is 0 Å². The second-order valence-corrected chi connectivity index (χ2v) is 7.79. The number of hydrogen-bond donors (Lipinski definition) is 1. The Morgan fingerprint density at radius 3 is 2.56 bits per heavy atom. The average molecular weight is 342 g/mol. The number of aryl methyl sites for hydroxylation is 1. The van der Waals surface area contributed by atoms with Crippen molar-refractivity contribution < 1.29 is 9.59 Å². The van der Waals surface area contributed by atoms with Crippen LogP contribution in [0.15, 0.2) is 24.3 Å². The molecule has 3 atom stereocenters. The summed E-state index contributed by atoms with van der Waals surface area (Å²) >= 11 is 0. The third-order valence-corrected chi connectivity index (χ3v) is 5.59. The van der Waals surface area contributed by atoms with Gasteiger partial charge in [0.15, 0.2) is 0 Å². The Labute approximate surface area is 151 Å². The van der Waals surface area contributed by atoms with Crippen molar-refractivity contribution in [3.05, 3.63) is 35.4 Å². The van der Waals surface area contributed by atoms with Crippen LogP contribution < -0.4 is 5.32 Å². The molecule has 0 aromatic heterocycles. The first-order valence-corrected chi connectivity index (χ1v) is 9.67. The second kappa shape index (κ2) is 7.59. The predicted molar refractivity (Wildman–Crippen MR) is 99.0 cm³/mol. The SMILES string of the molecule is CCC(C)NC(=O)C1CCC(c2cccc(C)c2)N(C(=O)C2CC2)C1. The fraction of sp³-hybridized carbons (Fsp3) is 0.619. The molecule has 1 saturated carbocycles. The first-order chi connectivity index (χ1) is 12.0. The summed E-state index contributed by atoms with van der Waals surface area (Å²) < 4.78 is 0. The first-order valence-electron chi connectivity index (χ1n) is 9.67. The Morgan fingerprint density at radius 2 is 1.92 bits per heavy atom. The van der Waals surface area contributed by atoms with Gasteiger partial charge in [-0.05, 0) is 51.5 Å². The van der Waals surface area contributed by atoms with Gasteiger partial charge in [-0.15, -0.1) is 0 Å². The summed E-state index contributed by atoms with van der Waals surface area (Å²) in [5.74, 6) is 0.444. The van der Waals surface area contributed by atoms with E-state index in [1.807, 2.05) is 11.8 Å². The second-order valence-electron chi connectivity index (χ2n) is 7.79. The number of carbonyl (C=O) groups is 2. The maximum atomic E-state index is 12.9. The molecule has 1 aromatic rings. The number of likely N-dealkylation sites (tertiary alicyclic amines) is 1. The normalized spacial score (nSPS) is 24.7. The minimum absolute atomic E-state index is 0.0854. The lowest BCUT2D eigenvalue weighted by atomic mass is 9.87. The fourth-order valence-corrected chi connectivity index (χ4v) is 3.68. The van der Waals surface area contributed by atoms with Crippen LogP contribution in [0.4, 0.5) is 0 Å². The molecule has 0 spiro atoms. The summed E-state index contributed by atoms with van der Waals surface area (Å²) in [5.41, 5.74) is 2.42. The van der Waals surface area contributed by atoms with Gasteiger partial charge in [0.1, 0.15) is 0 Å². The molecule has 4 heteroatoms. The van der Waals surface area contributed by atoms with E-state index in [1.165, 1.54) is 11.1 Å². The maximum absolute atomic E-state index is 12.9. The molecule has 3 rings (SSSR count). The Morgan fingerprint density at radius 1 is 1.20 bits per heavy atom. The van der Waals surface area contributed by atoms with Crippen molar-refractivity contribution >= 4 is 11.8 Å². The molecule has 0 bridgehead atoms. The topological polar surface area (TPSA) is 49.4 Å². The van der Waals surface area contributed by atoms with Crippen molar-refractivity contribution in [3.63, 3.8) is 0 Å². The molecule has 1 aliphatic heterocycles. The van der Waals surface area contributed by atoms with Crippen molar-refractivity contribution in [2.24, 2.45) is 11.8 Å². The van der Waals surface area contributed by atoms with Crippen LogP contribution in [0.3, 0.4) is 0 Å². The van der Waals surface area contributed by atoms with Crippen LogP contribution in [-0.2, 0) is 9.59 Å². The zero-order valence-corrected chi connectivity index (χ0v) is 15.6. The van der Waals surface area contributed by atoms with Crippen LogP contribution in [0.1, 0.15) is 63.1 Å². The van der Waals surface area contributed by atoms with Crippen molar-refractivity contribution in [2.45, 2.75) is 65.0 Å². The van der Waals surface area contributed by atoms with E-state index in [1.54, 1.807) is 0 Å². The molecule has 0 radical (unpaired) electrons. The monoisotopic (exact) mass is 342 g/mol. The number of hydrogen-bond acceptors (Lipinski definition) is 2. The van der Waals surface area contributed by atoms with Gasteiger partial charge in [0, 0.05) is 18.5 Å². The van der Waals surface area contributed by atoms with Crippen molar-refractivity contribution in [2.75, 3.05) is 6.54 Å². The molecule has 1 aromatic carbocycles. The highest BCUT2D eigenvalue weighted by molar-refractivity contribution is 5.84. The lowest BCUT2D eigenvalue weighted by Gasteiger charge is -2.40. The van der Waals surface area contributed by atoms with E-state index in [2.05, 4.69) is 43.4 Å². The highest BCUT2D eigenvalue weighted by atomic mass is 16.2. The van der Waals surface area contributed by atoms with Gasteiger partial charge in [0.05, 0.1) is 12.0 Å². The number of nitrogens with one attached hydrogen (secondary N) is 1. The van der Waals surface area contributed by atoms with Crippen LogP contribution in [-0.4, -0.2) is 29.3 Å². The van der Waals surface area contributed by atoms with Gasteiger partial charge >= 0.3 is 0 Å². The van der Waals surface area contributed by atoms with Gasteiger partial charge < -0.3 is 10.2 Å². The molecule has 2 aliphatic rings. The highest BCUT2D eigenvalue weighted by Crippen LogP contribution is 2.39. The van der Waals surface area contributed by atoms with E-state index >= 15 is 0 Å². The minimum atomic E-state index is -0.0854. The lowest BCUT2D eigenvalue weighted by molar-refractivity contribution is -0.140. The summed E-state index contributed by atoms with van der Waals surface area (Å²) in [6.45, 7) is 6.74. The van der Waals surface area contributed by atoms with Crippen molar-refractivity contribution in [1.29, 1.82) is 0 Å². The highest BCUT2D eigenvalue weighted by Gasteiger charge is 2.41. The number of nitrogens with zero attached hydrogens (tertiary/aromatic N) is 1. The maximum Gasteiger partial charge on any atom is 0.226 e. The van der Waals surface area contributed by atoms with Crippen LogP contribution in [0.25, 0.3) is 0 Å². The number of carbonyl (C=O) groups excluding carboxylic acids is 2. The molecular weight excluding hydrogens is 312 g/mol. The minimum Gasteiger partial charge on any atom is -0.353 e. The summed E-state index contributed by atoms with van der Waals surface area (Å²) in [4.78, 5) is 27.4. The number of piperidine rings is 1. The Hall–Kier alpha value is -1.84. The zero-order valence-electron chi connectivity index (χ0n) is 15.6. The molecule has 2 fully saturated rings. The lowest BCUT2D eigenvalue weighted by Crippen LogP contribution is -2.48. The summed E-state index contributed by atoms with van der Waals surface area (Å²) in [5, 5.41) is 3.09. The first kappa shape index (κ1) is 18.0. The smallest absolute Gasteiger partial charge is 0.226 e. The molecule has 25 heavy (non-hydrogen) atoms. The molecule has 2 amide bonds.